The van der Waals surface area contributed by atoms with Gasteiger partial charge in [-0.3, -0.25) is 9.59 Å². The second kappa shape index (κ2) is 10.0. The number of carboxylic acid groups (broad SMARTS) is 1. The van der Waals surface area contributed by atoms with Crippen LogP contribution in [0.2, 0.25) is 0 Å². The van der Waals surface area contributed by atoms with Crippen molar-refractivity contribution in [1.82, 2.24) is 5.32 Å². The first-order valence-electron chi connectivity index (χ1n) is 11.5. The molecule has 0 saturated heterocycles. The summed E-state index contributed by atoms with van der Waals surface area (Å²) in [6, 6.07) is 22.9. The van der Waals surface area contributed by atoms with E-state index in [2.05, 4.69) is 34.9 Å². The number of nitrogens with one attached hydrogen (secondary N) is 2. The number of carboxylic acids is 1. The Morgan fingerprint density at radius 1 is 0.886 bits per heavy atom. The molecule has 7 heteroatoms. The number of benzene rings is 3. The normalized spacial score (nSPS) is 12.4. The Kier molecular flexibility index (Phi) is 6.87. The number of carbonyl (C=O) groups is 3. The smallest absolute Gasteiger partial charge is 0.407 e. The molecule has 2 amide bonds. The number of aliphatic carboxylic acids is 1. The SMILES string of the molecule is CC(C)(CC(=O)Nc1ccc(CC(=O)O)cc1)NC(=O)OCC1c2ccccc2-c2ccccc21. The van der Waals surface area contributed by atoms with E-state index < -0.39 is 17.6 Å². The van der Waals surface area contributed by atoms with Crippen molar-refractivity contribution in [2.24, 2.45) is 0 Å². The van der Waals surface area contributed by atoms with Crippen LogP contribution in [-0.4, -0.2) is 35.2 Å². The van der Waals surface area contributed by atoms with Gasteiger partial charge in [0, 0.05) is 23.6 Å². The van der Waals surface area contributed by atoms with Gasteiger partial charge in [-0.2, -0.15) is 0 Å². The molecule has 35 heavy (non-hydrogen) atoms. The lowest BCUT2D eigenvalue weighted by Gasteiger charge is -2.26. The van der Waals surface area contributed by atoms with Crippen LogP contribution in [-0.2, 0) is 20.7 Å². The van der Waals surface area contributed by atoms with E-state index in [-0.39, 0.29) is 31.3 Å². The first kappa shape index (κ1) is 24.0. The third-order valence-electron chi connectivity index (χ3n) is 5.98. The maximum Gasteiger partial charge on any atom is 0.407 e. The van der Waals surface area contributed by atoms with Crippen LogP contribution in [0.15, 0.2) is 72.8 Å². The molecule has 180 valence electrons. The quantitative estimate of drug-likeness (QED) is 0.430. The molecule has 3 aromatic rings. The van der Waals surface area contributed by atoms with Crippen LogP contribution in [0.3, 0.4) is 0 Å². The fraction of sp³-hybridized carbons (Fsp3) is 0.250. The number of rotatable bonds is 8. The zero-order valence-electron chi connectivity index (χ0n) is 19.7. The summed E-state index contributed by atoms with van der Waals surface area (Å²) in [5.74, 6) is -1.23. The summed E-state index contributed by atoms with van der Waals surface area (Å²) >= 11 is 0. The Balaban J connectivity index is 1.31. The molecule has 7 nitrogen and oxygen atoms in total. The maximum atomic E-state index is 12.6. The van der Waals surface area contributed by atoms with Crippen LogP contribution < -0.4 is 10.6 Å². The first-order chi connectivity index (χ1) is 16.7. The average Bonchev–Trinajstić information content (AvgIpc) is 3.12. The number of hydrogen-bond acceptors (Lipinski definition) is 4. The molecular weight excluding hydrogens is 444 g/mol. The largest absolute Gasteiger partial charge is 0.481 e. The summed E-state index contributed by atoms with van der Waals surface area (Å²) in [6.45, 7) is 3.71. The van der Waals surface area contributed by atoms with Gasteiger partial charge in [0.2, 0.25) is 5.91 Å². The zero-order chi connectivity index (χ0) is 25.0. The summed E-state index contributed by atoms with van der Waals surface area (Å²) in [6.07, 6.45) is -0.623. The molecule has 0 aliphatic heterocycles. The van der Waals surface area contributed by atoms with Crippen molar-refractivity contribution in [3.05, 3.63) is 89.5 Å². The van der Waals surface area contributed by atoms with Crippen LogP contribution in [0.1, 0.15) is 42.9 Å². The van der Waals surface area contributed by atoms with Crippen molar-refractivity contribution < 1.29 is 24.2 Å². The van der Waals surface area contributed by atoms with Gasteiger partial charge in [-0.05, 0) is 53.8 Å². The number of alkyl carbamates (subject to hydrolysis) is 1. The van der Waals surface area contributed by atoms with Gasteiger partial charge in [0.25, 0.3) is 0 Å². The van der Waals surface area contributed by atoms with Gasteiger partial charge in [0.05, 0.1) is 6.42 Å². The molecule has 0 radical (unpaired) electrons. The molecule has 0 saturated carbocycles. The Morgan fingerprint density at radius 2 is 1.46 bits per heavy atom. The number of fused-ring (bicyclic) bond motifs is 3. The highest BCUT2D eigenvalue weighted by atomic mass is 16.5. The topological polar surface area (TPSA) is 105 Å². The lowest BCUT2D eigenvalue weighted by Crippen LogP contribution is -2.46. The van der Waals surface area contributed by atoms with Crippen LogP contribution >= 0.6 is 0 Å². The minimum absolute atomic E-state index is 0.0358. The molecule has 0 unspecified atom stereocenters. The van der Waals surface area contributed by atoms with E-state index in [1.807, 2.05) is 24.3 Å². The number of carbonyl (C=O) groups excluding carboxylic acids is 2. The van der Waals surface area contributed by atoms with Gasteiger partial charge in [-0.1, -0.05) is 60.7 Å². The molecule has 0 heterocycles. The lowest BCUT2D eigenvalue weighted by atomic mass is 9.98. The van der Waals surface area contributed by atoms with Crippen LogP contribution in [0.25, 0.3) is 11.1 Å². The summed E-state index contributed by atoms with van der Waals surface area (Å²) in [5.41, 5.74) is 4.95. The van der Waals surface area contributed by atoms with Crippen molar-refractivity contribution >= 4 is 23.7 Å². The van der Waals surface area contributed by atoms with E-state index in [0.717, 1.165) is 22.3 Å². The number of amides is 2. The third kappa shape index (κ3) is 5.87. The fourth-order valence-corrected chi connectivity index (χ4v) is 4.44. The van der Waals surface area contributed by atoms with Gasteiger partial charge in [0.15, 0.2) is 0 Å². The molecular formula is C28H28N2O5. The van der Waals surface area contributed by atoms with Crippen LogP contribution in [0.4, 0.5) is 10.5 Å². The highest BCUT2D eigenvalue weighted by Crippen LogP contribution is 2.44. The van der Waals surface area contributed by atoms with Crippen molar-refractivity contribution in [2.45, 2.75) is 38.1 Å². The highest BCUT2D eigenvalue weighted by Gasteiger charge is 2.30. The first-order valence-corrected chi connectivity index (χ1v) is 11.5. The number of anilines is 1. The van der Waals surface area contributed by atoms with Gasteiger partial charge < -0.3 is 20.5 Å². The third-order valence-corrected chi connectivity index (χ3v) is 5.98. The standard InChI is InChI=1S/C28H28N2O5/c1-28(2,16-25(31)29-19-13-11-18(12-14-19)15-26(32)33)30-27(34)35-17-24-22-9-5-3-7-20(22)21-8-4-6-10-23(21)24/h3-14,24H,15-17H2,1-2H3,(H,29,31)(H,30,34)(H,32,33). The molecule has 0 spiro atoms. The second-order valence-corrected chi connectivity index (χ2v) is 9.33. The molecule has 4 rings (SSSR count). The van der Waals surface area contributed by atoms with E-state index in [1.165, 1.54) is 0 Å². The minimum Gasteiger partial charge on any atom is -0.481 e. The Bertz CT molecular complexity index is 1200. The van der Waals surface area contributed by atoms with Gasteiger partial charge in [-0.25, -0.2) is 4.79 Å². The second-order valence-electron chi connectivity index (χ2n) is 9.33. The summed E-state index contributed by atoms with van der Waals surface area (Å²) in [5, 5.41) is 14.4. The van der Waals surface area contributed by atoms with Crippen molar-refractivity contribution in [3.8, 4) is 11.1 Å². The summed E-state index contributed by atoms with van der Waals surface area (Å²) < 4.78 is 5.59. The molecule has 1 aliphatic carbocycles. The lowest BCUT2D eigenvalue weighted by molar-refractivity contribution is -0.136. The predicted octanol–water partition coefficient (Wildman–Crippen LogP) is 4.96. The van der Waals surface area contributed by atoms with E-state index >= 15 is 0 Å². The monoisotopic (exact) mass is 472 g/mol. The van der Waals surface area contributed by atoms with Crippen molar-refractivity contribution in [3.63, 3.8) is 0 Å². The summed E-state index contributed by atoms with van der Waals surface area (Å²) in [4.78, 5) is 35.9. The van der Waals surface area contributed by atoms with Crippen LogP contribution in [0.5, 0.6) is 0 Å². The molecule has 3 N–H and O–H groups in total. The van der Waals surface area contributed by atoms with Gasteiger partial charge in [0.1, 0.15) is 6.61 Å². The molecule has 1 aliphatic rings. The zero-order valence-corrected chi connectivity index (χ0v) is 19.7. The Morgan fingerprint density at radius 3 is 2.03 bits per heavy atom. The number of ether oxygens (including phenoxy) is 1. The molecule has 0 fully saturated rings. The van der Waals surface area contributed by atoms with E-state index in [1.54, 1.807) is 38.1 Å². The average molecular weight is 473 g/mol. The minimum atomic E-state index is -0.914. The van der Waals surface area contributed by atoms with E-state index in [4.69, 9.17) is 9.84 Å². The van der Waals surface area contributed by atoms with Crippen LogP contribution in [0, 0.1) is 0 Å². The van der Waals surface area contributed by atoms with Gasteiger partial charge in [-0.15, -0.1) is 0 Å². The predicted molar refractivity (Wildman–Crippen MR) is 133 cm³/mol. The fourth-order valence-electron chi connectivity index (χ4n) is 4.44. The Hall–Kier alpha value is -4.13. The highest BCUT2D eigenvalue weighted by molar-refractivity contribution is 5.91. The van der Waals surface area contributed by atoms with Gasteiger partial charge >= 0.3 is 12.1 Å². The molecule has 0 atom stereocenters. The molecule has 0 bridgehead atoms. The Labute approximate surface area is 204 Å². The number of hydrogen-bond donors (Lipinski definition) is 3. The van der Waals surface area contributed by atoms with E-state index in [9.17, 15) is 14.4 Å². The maximum absolute atomic E-state index is 12.6. The van der Waals surface area contributed by atoms with Crippen molar-refractivity contribution in [1.29, 1.82) is 0 Å². The van der Waals surface area contributed by atoms with E-state index in [0.29, 0.717) is 11.3 Å². The molecule has 0 aromatic heterocycles. The molecule has 3 aromatic carbocycles. The van der Waals surface area contributed by atoms with Crippen molar-refractivity contribution in [2.75, 3.05) is 11.9 Å². The summed E-state index contributed by atoms with van der Waals surface area (Å²) in [7, 11) is 0.